The Labute approximate surface area is 140 Å². The number of nitrogens with one attached hydrogen (secondary N) is 1. The van der Waals surface area contributed by atoms with Crippen LogP contribution in [0.25, 0.3) is 10.4 Å². The predicted molar refractivity (Wildman–Crippen MR) is 81.9 cm³/mol. The molecule has 1 aliphatic heterocycles. The number of aromatic nitrogens is 2. The number of azide groups is 1. The van der Waals surface area contributed by atoms with Gasteiger partial charge in [-0.2, -0.15) is 0 Å². The third-order valence-corrected chi connectivity index (χ3v) is 3.54. The average Bonchev–Trinajstić information content (AvgIpc) is 2.97. The highest BCUT2D eigenvalue weighted by atomic mass is 16.7. The summed E-state index contributed by atoms with van der Waals surface area (Å²) < 4.78 is 16.2. The number of carbonyl (C=O) groups excluding carboxylic acids is 1. The fraction of sp³-hybridized carbons (Fsp3) is 0.615. The Kier molecular flexibility index (Phi) is 6.17. The zero-order valence-corrected chi connectivity index (χ0v) is 13.3. The Morgan fingerprint density at radius 2 is 2.32 bits per heavy atom. The van der Waals surface area contributed by atoms with Crippen LogP contribution in [0.4, 0.5) is 4.79 Å². The summed E-state index contributed by atoms with van der Waals surface area (Å²) in [6, 6.07) is -0.681. The topological polar surface area (TPSA) is 169 Å². The molecule has 0 saturated carbocycles. The van der Waals surface area contributed by atoms with Gasteiger partial charge in [0, 0.05) is 23.1 Å². The number of aliphatic hydroxyl groups is 1. The van der Waals surface area contributed by atoms with Gasteiger partial charge in [0.05, 0.1) is 12.6 Å². The van der Waals surface area contributed by atoms with Gasteiger partial charge in [-0.15, -0.1) is 0 Å². The van der Waals surface area contributed by atoms with Gasteiger partial charge in [-0.1, -0.05) is 5.11 Å². The van der Waals surface area contributed by atoms with Gasteiger partial charge >= 0.3 is 11.8 Å². The smallest absolute Gasteiger partial charge is 0.432 e. The second kappa shape index (κ2) is 8.33. The fourth-order valence-electron chi connectivity index (χ4n) is 2.34. The maximum absolute atomic E-state index is 11.9. The number of ether oxygens (including phenoxy) is 3. The lowest BCUT2D eigenvalue weighted by Gasteiger charge is -2.16. The van der Waals surface area contributed by atoms with Crippen molar-refractivity contribution in [3.63, 3.8) is 0 Å². The van der Waals surface area contributed by atoms with Crippen molar-refractivity contribution < 1.29 is 24.1 Å². The van der Waals surface area contributed by atoms with Crippen LogP contribution in [-0.4, -0.2) is 52.8 Å². The zero-order chi connectivity index (χ0) is 18.4. The van der Waals surface area contributed by atoms with E-state index in [1.165, 1.54) is 17.7 Å². The molecule has 1 saturated heterocycles. The van der Waals surface area contributed by atoms with Gasteiger partial charge in [0.15, 0.2) is 0 Å². The van der Waals surface area contributed by atoms with Gasteiger partial charge in [0.2, 0.25) is 0 Å². The molecule has 0 amide bonds. The van der Waals surface area contributed by atoms with Crippen LogP contribution in [0.2, 0.25) is 0 Å². The van der Waals surface area contributed by atoms with E-state index in [9.17, 15) is 14.4 Å². The number of hydrogen-bond donors (Lipinski definition) is 2. The molecule has 1 aromatic heterocycles. The minimum atomic E-state index is -1.00. The summed E-state index contributed by atoms with van der Waals surface area (Å²) in [6.07, 6.45) is -1.08. The van der Waals surface area contributed by atoms with Gasteiger partial charge in [-0.25, -0.2) is 9.59 Å². The van der Waals surface area contributed by atoms with Crippen LogP contribution in [0.5, 0.6) is 0 Å². The quantitative estimate of drug-likeness (QED) is 0.312. The minimum Gasteiger partial charge on any atom is -0.432 e. The number of hydrogen-bond acceptors (Lipinski definition) is 8. The van der Waals surface area contributed by atoms with Crippen molar-refractivity contribution in [2.75, 3.05) is 19.8 Å². The lowest BCUT2D eigenvalue weighted by atomic mass is 10.1. The molecular formula is C13H17N5O7. The van der Waals surface area contributed by atoms with Crippen LogP contribution in [0.3, 0.4) is 0 Å². The first-order valence-electron chi connectivity index (χ1n) is 7.38. The lowest BCUT2D eigenvalue weighted by Crippen LogP contribution is -2.33. The van der Waals surface area contributed by atoms with Gasteiger partial charge < -0.3 is 19.3 Å². The first-order chi connectivity index (χ1) is 12.0. The summed E-state index contributed by atoms with van der Waals surface area (Å²) in [5.74, 6) is 0. The molecule has 2 rings (SSSR count). The monoisotopic (exact) mass is 355 g/mol. The van der Waals surface area contributed by atoms with Crippen LogP contribution in [0.1, 0.15) is 18.2 Å². The first-order valence-corrected chi connectivity index (χ1v) is 7.38. The molecule has 0 unspecified atom stereocenters. The molecule has 0 bridgehead atoms. The van der Waals surface area contributed by atoms with E-state index < -0.39 is 35.8 Å². The van der Waals surface area contributed by atoms with E-state index in [-0.39, 0.29) is 26.2 Å². The van der Waals surface area contributed by atoms with Crippen LogP contribution >= 0.6 is 0 Å². The lowest BCUT2D eigenvalue weighted by molar-refractivity contribution is -0.0434. The van der Waals surface area contributed by atoms with Crippen molar-refractivity contribution in [2.45, 2.75) is 31.7 Å². The summed E-state index contributed by atoms with van der Waals surface area (Å²) in [7, 11) is 0. The Morgan fingerprint density at radius 1 is 1.56 bits per heavy atom. The third kappa shape index (κ3) is 4.59. The summed E-state index contributed by atoms with van der Waals surface area (Å²) in [6.45, 7) is 0.722. The van der Waals surface area contributed by atoms with Crippen molar-refractivity contribution in [1.29, 1.82) is 0 Å². The summed E-state index contributed by atoms with van der Waals surface area (Å²) in [4.78, 5) is 39.5. The molecule has 0 aliphatic carbocycles. The van der Waals surface area contributed by atoms with E-state index in [2.05, 4.69) is 19.7 Å². The van der Waals surface area contributed by atoms with Crippen LogP contribution in [0, 0.1) is 6.92 Å². The van der Waals surface area contributed by atoms with Gasteiger partial charge in [-0.3, -0.25) is 14.3 Å². The van der Waals surface area contributed by atoms with Crippen LogP contribution in [-0.2, 0) is 14.2 Å². The van der Waals surface area contributed by atoms with E-state index in [0.717, 1.165) is 0 Å². The summed E-state index contributed by atoms with van der Waals surface area (Å²) >= 11 is 0. The molecule has 3 atom stereocenters. The average molecular weight is 355 g/mol. The Bertz CT molecular complexity index is 782. The molecule has 1 fully saturated rings. The molecule has 2 N–H and O–H groups in total. The summed E-state index contributed by atoms with van der Waals surface area (Å²) in [5.41, 5.74) is 7.81. The second-order valence-corrected chi connectivity index (χ2v) is 5.25. The molecule has 1 aromatic rings. The molecule has 12 heteroatoms. The van der Waals surface area contributed by atoms with Crippen molar-refractivity contribution in [3.05, 3.63) is 43.0 Å². The molecule has 2 heterocycles. The molecule has 12 nitrogen and oxygen atoms in total. The predicted octanol–water partition coefficient (Wildman–Crippen LogP) is -0.0431. The van der Waals surface area contributed by atoms with Gasteiger partial charge in [0.25, 0.3) is 5.56 Å². The maximum Gasteiger partial charge on any atom is 0.508 e. The van der Waals surface area contributed by atoms with E-state index in [0.29, 0.717) is 5.56 Å². The number of rotatable bonds is 6. The van der Waals surface area contributed by atoms with Gasteiger partial charge in [-0.05, 0) is 12.5 Å². The highest BCUT2D eigenvalue weighted by Gasteiger charge is 2.37. The van der Waals surface area contributed by atoms with Crippen molar-refractivity contribution >= 4 is 6.16 Å². The van der Waals surface area contributed by atoms with E-state index in [1.54, 1.807) is 0 Å². The highest BCUT2D eigenvalue weighted by Crippen LogP contribution is 2.30. The zero-order valence-electron chi connectivity index (χ0n) is 13.3. The number of nitrogens with zero attached hydrogens (tertiary/aromatic N) is 4. The molecule has 0 spiro atoms. The first kappa shape index (κ1) is 18.5. The Morgan fingerprint density at radius 3 is 3.00 bits per heavy atom. The third-order valence-electron chi connectivity index (χ3n) is 3.54. The van der Waals surface area contributed by atoms with E-state index >= 15 is 0 Å². The SMILES string of the molecule is Cc1cn([C@H]2C[C@H](N=[N+]=[N-])[C@@H](COC(=O)OCCO)O2)c(=O)[nH]c1=O. The van der Waals surface area contributed by atoms with Crippen LogP contribution < -0.4 is 11.2 Å². The fourth-order valence-corrected chi connectivity index (χ4v) is 2.34. The molecule has 1 aliphatic rings. The van der Waals surface area contributed by atoms with E-state index in [4.69, 9.17) is 20.1 Å². The number of H-pyrrole nitrogens is 1. The Balaban J connectivity index is 2.10. The molecule has 0 radical (unpaired) electrons. The Hall–Kier alpha value is -2.82. The van der Waals surface area contributed by atoms with Crippen molar-refractivity contribution in [3.8, 4) is 0 Å². The van der Waals surface area contributed by atoms with Crippen molar-refractivity contribution in [1.82, 2.24) is 9.55 Å². The largest absolute Gasteiger partial charge is 0.508 e. The highest BCUT2D eigenvalue weighted by molar-refractivity contribution is 5.59. The number of aromatic amines is 1. The molecule has 25 heavy (non-hydrogen) atoms. The number of carbonyl (C=O) groups is 1. The van der Waals surface area contributed by atoms with Crippen molar-refractivity contribution in [2.24, 2.45) is 5.11 Å². The van der Waals surface area contributed by atoms with Gasteiger partial charge in [0.1, 0.15) is 25.5 Å². The van der Waals surface area contributed by atoms with E-state index in [1.807, 2.05) is 0 Å². The number of aryl methyl sites for hydroxylation is 1. The second-order valence-electron chi connectivity index (χ2n) is 5.25. The minimum absolute atomic E-state index is 0.162. The molecule has 0 aromatic carbocycles. The molecular weight excluding hydrogens is 338 g/mol. The standard InChI is InChI=1S/C13H17N5O7/c1-7-5-18(12(21)15-11(7)20)10-4-8(16-17-14)9(25-10)6-24-13(22)23-3-2-19/h5,8-10,19H,2-4,6H2,1H3,(H,15,20,21)/t8-,9+,10+/m0/s1. The maximum atomic E-state index is 11.9. The number of aliphatic hydroxyl groups excluding tert-OH is 1. The normalized spacial score (nSPS) is 22.2. The molecule has 136 valence electrons. The summed E-state index contributed by atoms with van der Waals surface area (Å²) in [5, 5.41) is 12.2. The van der Waals surface area contributed by atoms with Crippen LogP contribution in [0.15, 0.2) is 20.9 Å².